The number of nitrogens with two attached hydrogens (primary N) is 1. The van der Waals surface area contributed by atoms with E-state index < -0.39 is 33.4 Å². The van der Waals surface area contributed by atoms with Crippen LogP contribution in [0.2, 0.25) is 0 Å². The number of carbonyl (C=O) groups is 2. The normalized spacial score (nSPS) is 17.9. The molecule has 0 radical (unpaired) electrons. The van der Waals surface area contributed by atoms with Crippen molar-refractivity contribution in [3.8, 4) is 5.69 Å². The van der Waals surface area contributed by atoms with E-state index in [1.807, 2.05) is 0 Å². The molecule has 38 heavy (non-hydrogen) atoms. The van der Waals surface area contributed by atoms with Gasteiger partial charge in [-0.15, -0.1) is 5.10 Å². The minimum Gasteiger partial charge on any atom is -0.380 e. The van der Waals surface area contributed by atoms with E-state index in [4.69, 9.17) is 15.0 Å². The first-order chi connectivity index (χ1) is 17.9. The zero-order chi connectivity index (χ0) is 27.2. The van der Waals surface area contributed by atoms with Gasteiger partial charge in [0.05, 0.1) is 29.1 Å². The summed E-state index contributed by atoms with van der Waals surface area (Å²) in [5.74, 6) is -1.02. The summed E-state index contributed by atoms with van der Waals surface area (Å²) in [6.45, 7) is 1.40. The molecular formula is C24H24N6O7S. The average molecular weight is 541 g/mol. The number of amides is 2. The van der Waals surface area contributed by atoms with Crippen molar-refractivity contribution in [1.29, 1.82) is 0 Å². The summed E-state index contributed by atoms with van der Waals surface area (Å²) in [4.78, 5) is 27.8. The molecule has 0 spiro atoms. The minimum absolute atomic E-state index is 0.0546. The second-order valence-electron chi connectivity index (χ2n) is 9.01. The average Bonchev–Trinajstić information content (AvgIpc) is 3.51. The molecule has 2 amide bonds. The Bertz CT molecular complexity index is 1640. The number of sulfone groups is 1. The van der Waals surface area contributed by atoms with Crippen molar-refractivity contribution < 1.29 is 32.4 Å². The third-order valence-electron chi connectivity index (χ3n) is 6.20. The summed E-state index contributed by atoms with van der Waals surface area (Å²) in [5.41, 5.74) is 4.71. The molecule has 1 saturated heterocycles. The Morgan fingerprint density at radius 3 is 2.66 bits per heavy atom. The second-order valence-corrected chi connectivity index (χ2v) is 11.0. The Morgan fingerprint density at radius 1 is 1.21 bits per heavy atom. The molecule has 1 aliphatic rings. The van der Waals surface area contributed by atoms with Crippen molar-refractivity contribution in [3.63, 3.8) is 0 Å². The van der Waals surface area contributed by atoms with E-state index >= 15 is 0 Å². The van der Waals surface area contributed by atoms with Crippen LogP contribution in [0.3, 0.4) is 0 Å². The molecule has 2 atom stereocenters. The van der Waals surface area contributed by atoms with Crippen LogP contribution in [0, 0.1) is 0 Å². The number of aromatic nitrogens is 3. The molecule has 1 fully saturated rings. The first-order valence-corrected chi connectivity index (χ1v) is 13.3. The number of benzene rings is 2. The topological polar surface area (TPSA) is 183 Å². The summed E-state index contributed by atoms with van der Waals surface area (Å²) < 4.78 is 35.5. The number of hydrogen-bond acceptors (Lipinski definition) is 10. The summed E-state index contributed by atoms with van der Waals surface area (Å²) in [5, 5.41) is 22.3. The number of rotatable bonds is 6. The van der Waals surface area contributed by atoms with Gasteiger partial charge in [-0.2, -0.15) is 0 Å². The lowest BCUT2D eigenvalue weighted by Gasteiger charge is -2.37. The smallest absolute Gasteiger partial charge is 0.260 e. The fraction of sp³-hybridized carbons (Fsp3) is 0.250. The molecule has 2 aromatic heterocycles. The molecule has 0 bridgehead atoms. The lowest BCUT2D eigenvalue weighted by atomic mass is 9.95. The van der Waals surface area contributed by atoms with Gasteiger partial charge in [0.25, 0.3) is 11.8 Å². The Kier molecular flexibility index (Phi) is 6.17. The first kappa shape index (κ1) is 25.4. The van der Waals surface area contributed by atoms with Gasteiger partial charge in [-0.25, -0.2) is 13.1 Å². The van der Waals surface area contributed by atoms with Gasteiger partial charge in [-0.3, -0.25) is 14.5 Å². The van der Waals surface area contributed by atoms with Crippen LogP contribution < -0.4 is 16.0 Å². The Hall–Kier alpha value is -4.27. The van der Waals surface area contributed by atoms with Crippen molar-refractivity contribution in [1.82, 2.24) is 14.9 Å². The van der Waals surface area contributed by atoms with Crippen LogP contribution in [0.1, 0.15) is 6.92 Å². The molecule has 3 heterocycles. The fourth-order valence-electron chi connectivity index (χ4n) is 4.07. The van der Waals surface area contributed by atoms with E-state index in [2.05, 4.69) is 15.6 Å². The standard InChI is InChI=1S/C24H24N6O7S/c1-24(33,23(32)26-14-3-8-17-18(13-14)37-28-21(17)25)20-22(31)29(11-12-36-20)19-9-10-30(27-19)15-4-6-16(7-5-15)38(2,34)35/h3-10,13,20,33H,11-12H2,1-2H3,(H2,25,28)(H,26,32)/t20-,24+/m0/s1. The summed E-state index contributed by atoms with van der Waals surface area (Å²) in [7, 11) is -3.34. The summed E-state index contributed by atoms with van der Waals surface area (Å²) in [6.07, 6.45) is 1.23. The molecule has 2 aromatic carbocycles. The summed E-state index contributed by atoms with van der Waals surface area (Å²) >= 11 is 0. The van der Waals surface area contributed by atoms with Crippen molar-refractivity contribution in [3.05, 3.63) is 54.7 Å². The molecule has 0 unspecified atom stereocenters. The third-order valence-corrected chi connectivity index (χ3v) is 7.33. The lowest BCUT2D eigenvalue weighted by Crippen LogP contribution is -2.61. The number of morpholine rings is 1. The van der Waals surface area contributed by atoms with Gasteiger partial charge in [0.2, 0.25) is 0 Å². The molecule has 13 nitrogen and oxygen atoms in total. The SMILES string of the molecule is C[C@](O)(C(=O)Nc1ccc2c(N)noc2c1)[C@H]1OCCN(c2ccn(-c3ccc(S(C)(=O)=O)cc3)n2)C1=O. The number of anilines is 3. The van der Waals surface area contributed by atoms with Gasteiger partial charge in [-0.1, -0.05) is 5.16 Å². The number of nitrogens with zero attached hydrogens (tertiary/aromatic N) is 4. The van der Waals surface area contributed by atoms with Crippen LogP contribution in [-0.2, 0) is 24.2 Å². The van der Waals surface area contributed by atoms with Crippen LogP contribution in [0.15, 0.2) is 64.1 Å². The highest BCUT2D eigenvalue weighted by Gasteiger charge is 2.49. The molecule has 4 aromatic rings. The molecule has 14 heteroatoms. The number of ether oxygens (including phenoxy) is 1. The van der Waals surface area contributed by atoms with Gasteiger partial charge in [0, 0.05) is 30.3 Å². The third kappa shape index (κ3) is 4.60. The maximum Gasteiger partial charge on any atom is 0.260 e. The van der Waals surface area contributed by atoms with Crippen molar-refractivity contribution in [2.24, 2.45) is 0 Å². The highest BCUT2D eigenvalue weighted by Crippen LogP contribution is 2.27. The van der Waals surface area contributed by atoms with Crippen molar-refractivity contribution in [2.75, 3.05) is 35.4 Å². The van der Waals surface area contributed by atoms with E-state index in [0.29, 0.717) is 22.3 Å². The predicted octanol–water partition coefficient (Wildman–Crippen LogP) is 1.12. The zero-order valence-corrected chi connectivity index (χ0v) is 21.2. The number of fused-ring (bicyclic) bond motifs is 1. The monoisotopic (exact) mass is 540 g/mol. The molecule has 5 rings (SSSR count). The maximum absolute atomic E-state index is 13.3. The minimum atomic E-state index is -3.34. The lowest BCUT2D eigenvalue weighted by molar-refractivity contribution is -0.165. The van der Waals surface area contributed by atoms with Crippen molar-refractivity contribution in [2.45, 2.75) is 23.5 Å². The fourth-order valence-corrected chi connectivity index (χ4v) is 4.71. The number of nitrogens with one attached hydrogen (secondary N) is 1. The second kappa shape index (κ2) is 9.24. The number of hydrogen-bond donors (Lipinski definition) is 3. The highest BCUT2D eigenvalue weighted by atomic mass is 32.2. The van der Waals surface area contributed by atoms with Gasteiger partial charge in [-0.05, 0) is 43.3 Å². The van der Waals surface area contributed by atoms with Crippen LogP contribution >= 0.6 is 0 Å². The van der Waals surface area contributed by atoms with Crippen molar-refractivity contribution >= 4 is 49.9 Å². The molecule has 1 aliphatic heterocycles. The molecular weight excluding hydrogens is 516 g/mol. The van der Waals surface area contributed by atoms with Gasteiger partial charge < -0.3 is 25.4 Å². The quantitative estimate of drug-likeness (QED) is 0.320. The number of carbonyl (C=O) groups excluding carboxylic acids is 2. The van der Waals surface area contributed by atoms with Crippen LogP contribution in [0.25, 0.3) is 16.7 Å². The molecule has 0 saturated carbocycles. The predicted molar refractivity (Wildman–Crippen MR) is 136 cm³/mol. The van der Waals surface area contributed by atoms with Crippen LogP contribution in [-0.4, -0.2) is 71.4 Å². The summed E-state index contributed by atoms with van der Waals surface area (Å²) in [6, 6.07) is 12.4. The Balaban J connectivity index is 1.32. The number of aliphatic hydroxyl groups is 1. The van der Waals surface area contributed by atoms with E-state index in [1.54, 1.807) is 36.5 Å². The Labute approximate surface area is 216 Å². The molecule has 0 aliphatic carbocycles. The van der Waals surface area contributed by atoms with Crippen LogP contribution in [0.5, 0.6) is 0 Å². The maximum atomic E-state index is 13.3. The highest BCUT2D eigenvalue weighted by molar-refractivity contribution is 7.90. The zero-order valence-electron chi connectivity index (χ0n) is 20.4. The van der Waals surface area contributed by atoms with E-state index in [1.165, 1.54) is 34.7 Å². The van der Waals surface area contributed by atoms with Gasteiger partial charge in [0.1, 0.15) is 0 Å². The Morgan fingerprint density at radius 2 is 1.95 bits per heavy atom. The molecule has 4 N–H and O–H groups in total. The van der Waals surface area contributed by atoms with Gasteiger partial charge in [0.15, 0.2) is 38.8 Å². The molecule has 198 valence electrons. The van der Waals surface area contributed by atoms with E-state index in [0.717, 1.165) is 6.26 Å². The van der Waals surface area contributed by atoms with E-state index in [-0.39, 0.29) is 29.7 Å². The van der Waals surface area contributed by atoms with Gasteiger partial charge >= 0.3 is 0 Å². The first-order valence-electron chi connectivity index (χ1n) is 11.4. The van der Waals surface area contributed by atoms with E-state index in [9.17, 15) is 23.1 Å². The largest absolute Gasteiger partial charge is 0.380 e. The number of nitrogen functional groups attached to an aromatic ring is 1. The van der Waals surface area contributed by atoms with Crippen LogP contribution in [0.4, 0.5) is 17.3 Å².